The summed E-state index contributed by atoms with van der Waals surface area (Å²) in [6.07, 6.45) is 10.6. The summed E-state index contributed by atoms with van der Waals surface area (Å²) in [5.74, 6) is 0.688. The van der Waals surface area contributed by atoms with Crippen molar-refractivity contribution in [3.05, 3.63) is 39.7 Å². The summed E-state index contributed by atoms with van der Waals surface area (Å²) >= 11 is 0. The first-order valence-electron chi connectivity index (χ1n) is 13.6. The lowest BCUT2D eigenvalue weighted by Gasteiger charge is -2.52. The van der Waals surface area contributed by atoms with Crippen LogP contribution in [0.1, 0.15) is 89.2 Å². The second kappa shape index (κ2) is 11.2. The maximum Gasteiger partial charge on any atom is 0.336 e. The van der Waals surface area contributed by atoms with Crippen molar-refractivity contribution < 1.29 is 19.1 Å². The van der Waals surface area contributed by atoms with E-state index in [1.165, 1.54) is 0 Å². The van der Waals surface area contributed by atoms with Crippen LogP contribution in [0.25, 0.3) is 11.0 Å². The van der Waals surface area contributed by atoms with Crippen LogP contribution < -0.4 is 10.4 Å². The highest BCUT2D eigenvalue weighted by Crippen LogP contribution is 2.44. The molecule has 0 radical (unpaired) electrons. The highest BCUT2D eigenvalue weighted by atomic mass is 16.5. The number of fused-ring (bicyclic) bond motifs is 2. The number of ether oxygens (including phenoxy) is 1. The lowest BCUT2D eigenvalue weighted by atomic mass is 9.66. The van der Waals surface area contributed by atoms with Gasteiger partial charge in [-0.15, -0.1) is 0 Å². The van der Waals surface area contributed by atoms with Crippen molar-refractivity contribution in [2.45, 2.75) is 103 Å². The van der Waals surface area contributed by atoms with Gasteiger partial charge in [0.2, 0.25) is 0 Å². The average Bonchev–Trinajstić information content (AvgIpc) is 2.85. The Labute approximate surface area is 208 Å². The topological polar surface area (TPSA) is 80.0 Å². The van der Waals surface area contributed by atoms with Crippen molar-refractivity contribution in [1.29, 1.82) is 0 Å². The van der Waals surface area contributed by atoms with E-state index >= 15 is 0 Å². The number of hydrogen-bond acceptors (Lipinski definition) is 5. The molecular weight excluding hydrogens is 442 g/mol. The van der Waals surface area contributed by atoms with Crippen LogP contribution in [-0.4, -0.2) is 40.7 Å². The normalized spacial score (nSPS) is 24.4. The minimum absolute atomic E-state index is 0.0311. The zero-order valence-corrected chi connectivity index (χ0v) is 21.6. The highest BCUT2D eigenvalue weighted by molar-refractivity contribution is 5.85. The Bertz CT molecular complexity index is 1090. The summed E-state index contributed by atoms with van der Waals surface area (Å²) in [5.41, 5.74) is 1.30. The van der Waals surface area contributed by atoms with Gasteiger partial charge in [0.05, 0.1) is 5.60 Å². The minimum atomic E-state index is -0.629. The van der Waals surface area contributed by atoms with Gasteiger partial charge in [-0.25, -0.2) is 4.79 Å². The Morgan fingerprint density at radius 2 is 2.00 bits per heavy atom. The van der Waals surface area contributed by atoms with Crippen LogP contribution in [0, 0.1) is 12.8 Å². The third kappa shape index (κ3) is 5.42. The number of rotatable bonds is 9. The molecule has 0 spiro atoms. The first-order chi connectivity index (χ1) is 16.9. The molecule has 1 saturated heterocycles. The zero-order valence-electron chi connectivity index (χ0n) is 21.6. The molecule has 192 valence electrons. The molecule has 1 aromatic carbocycles. The molecule has 6 nitrogen and oxygen atoms in total. The minimum Gasteiger partial charge on any atom is -0.483 e. The number of unbranched alkanes of at least 4 members (excludes halogenated alkanes) is 2. The van der Waals surface area contributed by atoms with Gasteiger partial charge in [0.25, 0.3) is 5.91 Å². The van der Waals surface area contributed by atoms with Gasteiger partial charge in [-0.3, -0.25) is 4.79 Å². The molecule has 6 heteroatoms. The molecular formula is C29H41NO5. The average molecular weight is 484 g/mol. The fourth-order valence-electron chi connectivity index (χ4n) is 6.25. The van der Waals surface area contributed by atoms with Crippen molar-refractivity contribution in [1.82, 2.24) is 4.90 Å². The zero-order chi connectivity index (χ0) is 25.0. The smallest absolute Gasteiger partial charge is 0.336 e. The quantitative estimate of drug-likeness (QED) is 0.474. The maximum absolute atomic E-state index is 13.4. The second-order valence-electron chi connectivity index (χ2n) is 10.6. The van der Waals surface area contributed by atoms with E-state index in [1.54, 1.807) is 6.07 Å². The Kier molecular flexibility index (Phi) is 8.20. The number of amides is 1. The standard InChI is InChI=1S/C29H41NO5/c1-4-6-10-21-18-27(32)35-28-20(3)25(14-13-22(21)28)34-19-26(31)30-17-16-29(33)15-9-8-11-23(29)24(30)12-7-5-2/h13-14,18,23-24,33H,4-12,15-17,19H2,1-3H3/t23-,24-,29-/m1/s1. The van der Waals surface area contributed by atoms with Crippen molar-refractivity contribution in [2.75, 3.05) is 13.2 Å². The predicted molar refractivity (Wildman–Crippen MR) is 138 cm³/mol. The summed E-state index contributed by atoms with van der Waals surface area (Å²) in [4.78, 5) is 27.5. The van der Waals surface area contributed by atoms with Crippen LogP contribution in [0.2, 0.25) is 0 Å². The van der Waals surface area contributed by atoms with E-state index < -0.39 is 5.60 Å². The summed E-state index contributed by atoms with van der Waals surface area (Å²) in [6.45, 7) is 6.70. The SMILES string of the molecule is CCCCc1cc(=O)oc2c(C)c(OCC(=O)N3CC[C@]4(O)CCCC[C@@H]4[C@H]3CCCC)ccc12. The van der Waals surface area contributed by atoms with Gasteiger partial charge in [0.1, 0.15) is 11.3 Å². The van der Waals surface area contributed by atoms with Gasteiger partial charge in [0, 0.05) is 35.5 Å². The van der Waals surface area contributed by atoms with Gasteiger partial charge >= 0.3 is 5.63 Å². The number of aliphatic hydroxyl groups is 1. The van der Waals surface area contributed by atoms with E-state index in [1.807, 2.05) is 24.0 Å². The first-order valence-corrected chi connectivity index (χ1v) is 13.6. The van der Waals surface area contributed by atoms with Crippen molar-refractivity contribution in [3.8, 4) is 5.75 Å². The van der Waals surface area contributed by atoms with Crippen molar-refractivity contribution in [3.63, 3.8) is 0 Å². The molecule has 1 aliphatic carbocycles. The Hall–Kier alpha value is -2.34. The first kappa shape index (κ1) is 25.7. The maximum atomic E-state index is 13.4. The fraction of sp³-hybridized carbons (Fsp3) is 0.655. The summed E-state index contributed by atoms with van der Waals surface area (Å²) in [7, 11) is 0. The third-order valence-electron chi connectivity index (χ3n) is 8.24. The molecule has 1 saturated carbocycles. The molecule has 35 heavy (non-hydrogen) atoms. The summed E-state index contributed by atoms with van der Waals surface area (Å²) in [5, 5.41) is 12.2. The van der Waals surface area contributed by atoms with Crippen LogP contribution in [0.4, 0.5) is 0 Å². The van der Waals surface area contributed by atoms with E-state index in [2.05, 4.69) is 13.8 Å². The summed E-state index contributed by atoms with van der Waals surface area (Å²) < 4.78 is 11.6. The van der Waals surface area contributed by atoms with E-state index in [4.69, 9.17) is 9.15 Å². The number of aryl methyl sites for hydroxylation is 2. The number of benzene rings is 1. The number of carbonyl (C=O) groups excluding carboxylic acids is 1. The lowest BCUT2D eigenvalue weighted by molar-refractivity contribution is -0.157. The van der Waals surface area contributed by atoms with E-state index in [0.717, 1.165) is 80.7 Å². The van der Waals surface area contributed by atoms with Crippen LogP contribution in [0.3, 0.4) is 0 Å². The molecule has 3 atom stereocenters. The monoisotopic (exact) mass is 483 g/mol. The third-order valence-corrected chi connectivity index (χ3v) is 8.24. The van der Waals surface area contributed by atoms with Gasteiger partial charge in [-0.2, -0.15) is 0 Å². The molecule has 1 aromatic heterocycles. The number of piperidine rings is 1. The largest absolute Gasteiger partial charge is 0.483 e. The van der Waals surface area contributed by atoms with Crippen LogP contribution >= 0.6 is 0 Å². The molecule has 1 N–H and O–H groups in total. The molecule has 1 aliphatic heterocycles. The predicted octanol–water partition coefficient (Wildman–Crippen LogP) is 5.54. The number of likely N-dealkylation sites (tertiary alicyclic amines) is 1. The summed E-state index contributed by atoms with van der Waals surface area (Å²) in [6, 6.07) is 5.47. The molecule has 4 rings (SSSR count). The molecule has 2 fully saturated rings. The van der Waals surface area contributed by atoms with Gasteiger partial charge in [-0.1, -0.05) is 46.0 Å². The van der Waals surface area contributed by atoms with Gasteiger partial charge < -0.3 is 19.2 Å². The molecule has 0 unspecified atom stereocenters. The molecule has 2 heterocycles. The van der Waals surface area contributed by atoms with Crippen molar-refractivity contribution >= 4 is 16.9 Å². The number of hydrogen-bond donors (Lipinski definition) is 1. The van der Waals surface area contributed by atoms with E-state index in [-0.39, 0.29) is 30.1 Å². The second-order valence-corrected chi connectivity index (χ2v) is 10.6. The van der Waals surface area contributed by atoms with E-state index in [0.29, 0.717) is 24.3 Å². The highest BCUT2D eigenvalue weighted by Gasteiger charge is 2.49. The fourth-order valence-corrected chi connectivity index (χ4v) is 6.25. The lowest BCUT2D eigenvalue weighted by Crippen LogP contribution is -2.61. The Balaban J connectivity index is 1.51. The van der Waals surface area contributed by atoms with E-state index in [9.17, 15) is 14.7 Å². The molecule has 1 amide bonds. The molecule has 2 aliphatic rings. The van der Waals surface area contributed by atoms with Gasteiger partial charge in [0.15, 0.2) is 6.61 Å². The molecule has 2 aromatic rings. The van der Waals surface area contributed by atoms with Crippen LogP contribution in [0.15, 0.2) is 27.4 Å². The van der Waals surface area contributed by atoms with Crippen LogP contribution in [-0.2, 0) is 11.2 Å². The Morgan fingerprint density at radius 3 is 2.77 bits per heavy atom. The Morgan fingerprint density at radius 1 is 1.20 bits per heavy atom. The van der Waals surface area contributed by atoms with Crippen LogP contribution in [0.5, 0.6) is 5.75 Å². The number of nitrogens with zero attached hydrogens (tertiary/aromatic N) is 1. The van der Waals surface area contributed by atoms with Crippen molar-refractivity contribution in [2.24, 2.45) is 5.92 Å². The van der Waals surface area contributed by atoms with Gasteiger partial charge in [-0.05, 0) is 63.1 Å². The number of carbonyl (C=O) groups is 1. The molecule has 0 bridgehead atoms.